The van der Waals surface area contributed by atoms with Gasteiger partial charge in [-0.25, -0.2) is 0 Å². The van der Waals surface area contributed by atoms with E-state index in [-0.39, 0.29) is 5.92 Å². The molecule has 2 aromatic carbocycles. The second kappa shape index (κ2) is 5.50. The molecule has 0 bridgehead atoms. The third kappa shape index (κ3) is 2.91. The van der Waals surface area contributed by atoms with Gasteiger partial charge in [-0.3, -0.25) is 0 Å². The molecule has 1 saturated carbocycles. The Kier molecular flexibility index (Phi) is 2.94. The predicted molar refractivity (Wildman–Crippen MR) is 87.2 cm³/mol. The van der Waals surface area contributed by atoms with Crippen molar-refractivity contribution in [1.29, 1.82) is 0 Å². The van der Waals surface area contributed by atoms with Crippen LogP contribution in [0.4, 0.5) is 0 Å². The largest absolute Gasteiger partial charge is 0.0737 e. The van der Waals surface area contributed by atoms with Gasteiger partial charge in [0.1, 0.15) is 0 Å². The van der Waals surface area contributed by atoms with E-state index in [1.54, 1.807) is 0 Å². The molecular weight excluding hydrogens is 240 g/mol. The second-order valence-corrected chi connectivity index (χ2v) is 5.29. The van der Waals surface area contributed by atoms with Crippen LogP contribution in [0.5, 0.6) is 0 Å². The topological polar surface area (TPSA) is 0 Å². The summed E-state index contributed by atoms with van der Waals surface area (Å²) in [5.74, 6) is -0.0140. The molecule has 20 heavy (non-hydrogen) atoms. The van der Waals surface area contributed by atoms with E-state index in [0.29, 0.717) is 0 Å². The van der Waals surface area contributed by atoms with Crippen LogP contribution in [0.15, 0.2) is 72.8 Å². The van der Waals surface area contributed by atoms with E-state index < -0.39 is 11.8 Å². The van der Waals surface area contributed by atoms with Crippen LogP contribution in [-0.4, -0.2) is 0 Å². The van der Waals surface area contributed by atoms with Gasteiger partial charge in [-0.1, -0.05) is 91.9 Å². The Morgan fingerprint density at radius 3 is 1.65 bits per heavy atom. The molecule has 0 spiro atoms. The lowest BCUT2D eigenvalue weighted by Gasteiger charge is -2.05. The van der Waals surface area contributed by atoms with Gasteiger partial charge in [-0.05, 0) is 23.4 Å². The summed E-state index contributed by atoms with van der Waals surface area (Å²) in [5, 5.41) is 0. The van der Waals surface area contributed by atoms with E-state index in [0.717, 1.165) is 11.1 Å². The van der Waals surface area contributed by atoms with Crippen molar-refractivity contribution in [2.45, 2.75) is 13.3 Å². The van der Waals surface area contributed by atoms with Gasteiger partial charge >= 0.3 is 0 Å². The first kappa shape index (κ1) is 10.7. The number of allylic oxidation sites excluding steroid dienone is 2. The van der Waals surface area contributed by atoms with Crippen molar-refractivity contribution in [1.82, 2.24) is 0 Å². The van der Waals surface area contributed by atoms with Crippen LogP contribution in [0.2, 0.25) is 0 Å². The quantitative estimate of drug-likeness (QED) is 0.688. The number of hydrogen-bond acceptors (Lipinski definition) is 0. The van der Waals surface area contributed by atoms with Crippen LogP contribution in [0.25, 0.3) is 12.2 Å². The summed E-state index contributed by atoms with van der Waals surface area (Å²) in [6.07, 6.45) is 6.90. The smallest absolute Gasteiger partial charge is 0.0282 e. The van der Waals surface area contributed by atoms with Crippen molar-refractivity contribution in [2.75, 3.05) is 0 Å². The number of rotatable bonds is 4. The molecule has 1 fully saturated rings. The molecule has 2 aromatic rings. The summed E-state index contributed by atoms with van der Waals surface area (Å²) in [4.78, 5) is 0. The molecule has 1 unspecified atom stereocenters. The zero-order valence-corrected chi connectivity index (χ0v) is 11.7. The highest BCUT2D eigenvalue weighted by molar-refractivity contribution is 5.56. The van der Waals surface area contributed by atoms with Gasteiger partial charge in [0, 0.05) is 8.16 Å². The first-order valence-corrected chi connectivity index (χ1v) is 7.05. The Bertz CT molecular complexity index is 635. The van der Waals surface area contributed by atoms with Crippen LogP contribution in [0.3, 0.4) is 0 Å². The van der Waals surface area contributed by atoms with Gasteiger partial charge in [0.25, 0.3) is 0 Å². The Hall–Kier alpha value is -2.08. The highest BCUT2D eigenvalue weighted by Gasteiger charge is 2.46. The highest BCUT2D eigenvalue weighted by atomic mass is 14.5. The highest BCUT2D eigenvalue weighted by Crippen LogP contribution is 2.55. The molecule has 1 atom stereocenters. The zero-order valence-electron chi connectivity index (χ0n) is 13.7. The maximum absolute atomic E-state index is 8.26. The molecular formula is C20H20. The van der Waals surface area contributed by atoms with Gasteiger partial charge in [-0.2, -0.15) is 0 Å². The van der Waals surface area contributed by atoms with Crippen molar-refractivity contribution < 1.29 is 2.74 Å². The molecule has 0 amide bonds. The lowest BCUT2D eigenvalue weighted by atomic mass is 10.00. The van der Waals surface area contributed by atoms with Crippen molar-refractivity contribution in [3.8, 4) is 0 Å². The molecule has 0 aromatic heterocycles. The van der Waals surface area contributed by atoms with E-state index in [2.05, 4.69) is 0 Å². The molecule has 0 nitrogen and oxygen atoms in total. The van der Waals surface area contributed by atoms with Gasteiger partial charge in [0.2, 0.25) is 0 Å². The second-order valence-electron chi connectivity index (χ2n) is 5.29. The van der Waals surface area contributed by atoms with E-state index in [1.165, 1.54) is 0 Å². The Balaban J connectivity index is 1.88. The maximum Gasteiger partial charge on any atom is 0.0282 e. The van der Waals surface area contributed by atoms with Crippen LogP contribution in [0, 0.1) is 11.3 Å². The number of benzene rings is 2. The average molecular weight is 262 g/mol. The SMILES string of the molecule is [2H]C1([2H])C(C)C1(/C=C/c1ccccc1)/C=C/c1ccccc1. The Morgan fingerprint density at radius 2 is 1.30 bits per heavy atom. The van der Waals surface area contributed by atoms with Crippen molar-refractivity contribution in [3.05, 3.63) is 83.9 Å². The summed E-state index contributed by atoms with van der Waals surface area (Å²) in [6, 6.07) is 20.1. The summed E-state index contributed by atoms with van der Waals surface area (Å²) in [7, 11) is 0. The van der Waals surface area contributed by atoms with Gasteiger partial charge in [0.15, 0.2) is 0 Å². The van der Waals surface area contributed by atoms with Crippen LogP contribution >= 0.6 is 0 Å². The summed E-state index contributed by atoms with van der Waals surface area (Å²) < 4.78 is 16.5. The molecule has 1 aliphatic carbocycles. The fourth-order valence-corrected chi connectivity index (χ4v) is 2.37. The molecule has 0 saturated heterocycles. The maximum atomic E-state index is 8.26. The summed E-state index contributed by atoms with van der Waals surface area (Å²) in [5.41, 5.74) is 1.69. The van der Waals surface area contributed by atoms with Gasteiger partial charge < -0.3 is 0 Å². The molecule has 1 aliphatic rings. The summed E-state index contributed by atoms with van der Waals surface area (Å²) >= 11 is 0. The molecule has 100 valence electrons. The minimum absolute atomic E-state index is 0.0140. The fraction of sp³-hybridized carbons (Fsp3) is 0.200. The van der Waals surface area contributed by atoms with Crippen molar-refractivity contribution >= 4 is 12.2 Å². The summed E-state index contributed by atoms with van der Waals surface area (Å²) in [6.45, 7) is 1.98. The molecule has 0 radical (unpaired) electrons. The van der Waals surface area contributed by atoms with Crippen LogP contribution in [0.1, 0.15) is 27.2 Å². The molecule has 0 N–H and O–H groups in total. The third-order valence-electron chi connectivity index (χ3n) is 3.80. The van der Waals surface area contributed by atoms with E-state index >= 15 is 0 Å². The lowest BCUT2D eigenvalue weighted by Crippen LogP contribution is -1.92. The minimum Gasteiger partial charge on any atom is -0.0737 e. The van der Waals surface area contributed by atoms with Crippen molar-refractivity contribution in [2.24, 2.45) is 11.3 Å². The Labute approximate surface area is 124 Å². The molecule has 0 heterocycles. The Morgan fingerprint density at radius 1 is 0.900 bits per heavy atom. The third-order valence-corrected chi connectivity index (χ3v) is 3.80. The first-order valence-electron chi connectivity index (χ1n) is 8.05. The van der Waals surface area contributed by atoms with E-state index in [1.807, 2.05) is 91.9 Å². The zero-order chi connectivity index (χ0) is 15.6. The van der Waals surface area contributed by atoms with Crippen LogP contribution in [-0.2, 0) is 0 Å². The molecule has 0 aliphatic heterocycles. The predicted octanol–water partition coefficient (Wildman–Crippen LogP) is 5.44. The van der Waals surface area contributed by atoms with E-state index in [9.17, 15) is 0 Å². The van der Waals surface area contributed by atoms with Gasteiger partial charge in [0.05, 0.1) is 0 Å². The lowest BCUT2D eigenvalue weighted by molar-refractivity contribution is 0.752. The standard InChI is InChI=1S/C20H20/c1-17-16-20(17,14-12-18-8-4-2-5-9-18)15-13-19-10-6-3-7-11-19/h2-15,17H,16H2,1H3/b14-12+,15-13+/i16D2. The van der Waals surface area contributed by atoms with Crippen molar-refractivity contribution in [3.63, 3.8) is 0 Å². The fourth-order valence-electron chi connectivity index (χ4n) is 2.37. The normalized spacial score (nSPS) is 24.6. The van der Waals surface area contributed by atoms with Gasteiger partial charge in [-0.15, -0.1) is 0 Å². The molecule has 3 rings (SSSR count). The number of hydrogen-bond donors (Lipinski definition) is 0. The molecule has 0 heteroatoms. The average Bonchev–Trinajstić information content (AvgIpc) is 2.98. The first-order chi connectivity index (χ1) is 10.6. The van der Waals surface area contributed by atoms with Crippen LogP contribution < -0.4 is 0 Å². The monoisotopic (exact) mass is 262 g/mol. The van der Waals surface area contributed by atoms with E-state index in [4.69, 9.17) is 2.74 Å². The minimum atomic E-state index is -1.19.